The summed E-state index contributed by atoms with van der Waals surface area (Å²) in [5.74, 6) is 2.03. The number of H-pyrrole nitrogens is 1. The molecule has 242 valence electrons. The molecule has 1 unspecified atom stereocenters. The third-order valence-electron chi connectivity index (χ3n) is 10.1. The zero-order valence-electron chi connectivity index (χ0n) is 27.5. The van der Waals surface area contributed by atoms with Crippen LogP contribution in [0.2, 0.25) is 0 Å². The summed E-state index contributed by atoms with van der Waals surface area (Å²) in [5, 5.41) is 23.1. The molecule has 5 N–H and O–H groups in total. The van der Waals surface area contributed by atoms with Gasteiger partial charge < -0.3 is 30.2 Å². The van der Waals surface area contributed by atoms with Crippen LogP contribution in [0.1, 0.15) is 90.4 Å². The minimum absolute atomic E-state index is 0.0998. The van der Waals surface area contributed by atoms with Crippen molar-refractivity contribution in [2.75, 3.05) is 12.3 Å². The van der Waals surface area contributed by atoms with Crippen LogP contribution >= 0.6 is 0 Å². The van der Waals surface area contributed by atoms with Crippen molar-refractivity contribution in [1.29, 1.82) is 0 Å². The van der Waals surface area contributed by atoms with Gasteiger partial charge >= 0.3 is 0 Å². The van der Waals surface area contributed by atoms with E-state index >= 15 is 0 Å². The molecular weight excluding hydrogens is 566 g/mol. The molecule has 45 heavy (non-hydrogen) atoms. The summed E-state index contributed by atoms with van der Waals surface area (Å²) in [7, 11) is 0. The number of hydrogen-bond acceptors (Lipinski definition) is 8. The van der Waals surface area contributed by atoms with Crippen molar-refractivity contribution in [3.05, 3.63) is 54.3 Å². The molecule has 0 spiro atoms. The standard InChI is InChI=1S/C35H49N7O3/c1-8-20(4)41(23-13-21(14-23)9-12-28-39-25-11-10-22(35(5,6)7)15-26(25)40-28)17-27-30(43)31(44)34(45-27)42-16-24(19(2)3)29-32(36)37-18-38-33(29)42/h10-11,15-16,18,20-21,23,27,30-31,34,43-44H,2,8-9,12-14,17H2,1,3-7H3,(H,39,40)(H2,36,37,38)/t20?,21-,23+,27-,30-,31-,34-/m1/s1. The van der Waals surface area contributed by atoms with Gasteiger partial charge in [0.2, 0.25) is 0 Å². The van der Waals surface area contributed by atoms with Gasteiger partial charge in [-0.1, -0.05) is 40.3 Å². The number of benzene rings is 1. The van der Waals surface area contributed by atoms with Crippen molar-refractivity contribution in [3.63, 3.8) is 0 Å². The largest absolute Gasteiger partial charge is 0.387 e. The Morgan fingerprint density at radius 2 is 1.98 bits per heavy atom. The fourth-order valence-electron chi connectivity index (χ4n) is 7.06. The lowest BCUT2D eigenvalue weighted by Gasteiger charge is -2.46. The van der Waals surface area contributed by atoms with E-state index in [1.54, 1.807) is 4.57 Å². The second-order valence-electron chi connectivity index (χ2n) is 14.4. The first kappa shape index (κ1) is 31.7. The van der Waals surface area contributed by atoms with Gasteiger partial charge in [-0.25, -0.2) is 15.0 Å². The number of nitrogens with zero attached hydrogens (tertiary/aromatic N) is 5. The summed E-state index contributed by atoms with van der Waals surface area (Å²) in [4.78, 5) is 19.5. The Kier molecular flexibility index (Phi) is 8.54. The lowest BCUT2D eigenvalue weighted by atomic mass is 9.76. The number of anilines is 1. The number of rotatable bonds is 10. The topological polar surface area (TPSA) is 138 Å². The molecule has 4 heterocycles. The SMILES string of the molecule is C=C(C)c1cn([C@@H]2O[C@H](CN(C(C)CC)[C@H]3C[C@@H](CCc4nc5cc(C(C)(C)C)ccc5[nH]4)C3)[C@@H](O)[C@H]2O)c2ncnc(N)c12. The number of aliphatic hydroxyl groups excluding tert-OH is 2. The Morgan fingerprint density at radius 3 is 2.67 bits per heavy atom. The highest BCUT2D eigenvalue weighted by molar-refractivity contribution is 5.97. The molecule has 4 aromatic rings. The summed E-state index contributed by atoms with van der Waals surface area (Å²) in [6.45, 7) is 17.6. The third-order valence-corrected chi connectivity index (χ3v) is 10.1. The van der Waals surface area contributed by atoms with Crippen LogP contribution in [0.5, 0.6) is 0 Å². The zero-order valence-corrected chi connectivity index (χ0v) is 27.5. The van der Waals surface area contributed by atoms with E-state index in [4.69, 9.17) is 15.5 Å². The van der Waals surface area contributed by atoms with Gasteiger partial charge in [0.05, 0.1) is 16.4 Å². The van der Waals surface area contributed by atoms with Gasteiger partial charge in [-0.05, 0) is 74.1 Å². The van der Waals surface area contributed by atoms with Crippen LogP contribution in [0, 0.1) is 5.92 Å². The van der Waals surface area contributed by atoms with Crippen LogP contribution in [-0.2, 0) is 16.6 Å². The highest BCUT2D eigenvalue weighted by Gasteiger charge is 2.47. The van der Waals surface area contributed by atoms with E-state index in [0.29, 0.717) is 41.4 Å². The predicted octanol–water partition coefficient (Wildman–Crippen LogP) is 5.35. The lowest BCUT2D eigenvalue weighted by Crippen LogP contribution is -2.53. The molecule has 0 radical (unpaired) electrons. The number of nitrogens with one attached hydrogen (secondary N) is 1. The number of fused-ring (bicyclic) bond motifs is 2. The number of nitrogen functional groups attached to an aromatic ring is 1. The molecule has 1 saturated heterocycles. The Bertz CT molecular complexity index is 1680. The number of aliphatic hydroxyl groups is 2. The first-order chi connectivity index (χ1) is 21.3. The summed E-state index contributed by atoms with van der Waals surface area (Å²) in [5.41, 5.74) is 11.9. The fourth-order valence-corrected chi connectivity index (χ4v) is 7.06. The molecule has 2 aliphatic rings. The number of aryl methyl sites for hydroxylation is 1. The Balaban J connectivity index is 1.10. The second kappa shape index (κ2) is 12.1. The van der Waals surface area contributed by atoms with E-state index in [1.165, 1.54) is 11.9 Å². The molecule has 1 aliphatic heterocycles. The summed E-state index contributed by atoms with van der Waals surface area (Å²) < 4.78 is 8.19. The molecule has 0 amide bonds. The number of imidazole rings is 1. The van der Waals surface area contributed by atoms with Gasteiger partial charge in [0.1, 0.15) is 41.9 Å². The summed E-state index contributed by atoms with van der Waals surface area (Å²) >= 11 is 0. The normalized spacial score (nSPS) is 26.2. The van der Waals surface area contributed by atoms with Crippen molar-refractivity contribution >= 4 is 33.5 Å². The molecular formula is C35H49N7O3. The number of ether oxygens (including phenoxy) is 1. The minimum atomic E-state index is -1.11. The van der Waals surface area contributed by atoms with E-state index in [0.717, 1.165) is 60.1 Å². The van der Waals surface area contributed by atoms with E-state index in [9.17, 15) is 10.2 Å². The van der Waals surface area contributed by atoms with Crippen molar-refractivity contribution in [1.82, 2.24) is 29.4 Å². The maximum atomic E-state index is 11.2. The zero-order chi connectivity index (χ0) is 32.2. The fraction of sp³-hybridized carbons (Fsp3) is 0.571. The first-order valence-corrected chi connectivity index (χ1v) is 16.4. The molecule has 3 aromatic heterocycles. The van der Waals surface area contributed by atoms with Gasteiger partial charge in [0.25, 0.3) is 0 Å². The van der Waals surface area contributed by atoms with Gasteiger partial charge in [-0.15, -0.1) is 0 Å². The van der Waals surface area contributed by atoms with Crippen molar-refractivity contribution < 1.29 is 14.9 Å². The number of nitrogens with two attached hydrogens (primary N) is 1. The molecule has 1 aliphatic carbocycles. The highest BCUT2D eigenvalue weighted by atomic mass is 16.6. The number of aromatic amines is 1. The molecule has 1 aromatic carbocycles. The Hall–Kier alpha value is -3.31. The molecule has 10 heteroatoms. The number of allylic oxidation sites excluding steroid dienone is 1. The maximum Gasteiger partial charge on any atom is 0.164 e. The maximum absolute atomic E-state index is 11.2. The van der Waals surface area contributed by atoms with Crippen molar-refractivity contribution in [2.45, 2.75) is 116 Å². The monoisotopic (exact) mass is 615 g/mol. The van der Waals surface area contributed by atoms with Gasteiger partial charge in [-0.3, -0.25) is 4.90 Å². The first-order valence-electron chi connectivity index (χ1n) is 16.4. The average Bonchev–Trinajstić information content (AvgIpc) is 3.64. The van der Waals surface area contributed by atoms with Gasteiger partial charge in [0.15, 0.2) is 6.23 Å². The van der Waals surface area contributed by atoms with Crippen LogP contribution in [0.3, 0.4) is 0 Å². The molecule has 0 bridgehead atoms. The smallest absolute Gasteiger partial charge is 0.164 e. The molecule has 6 rings (SSSR count). The third kappa shape index (κ3) is 6.01. The van der Waals surface area contributed by atoms with Crippen LogP contribution < -0.4 is 5.73 Å². The highest BCUT2D eigenvalue weighted by Crippen LogP contribution is 2.40. The van der Waals surface area contributed by atoms with Crippen LogP contribution in [-0.4, -0.2) is 76.6 Å². The minimum Gasteiger partial charge on any atom is -0.387 e. The number of aromatic nitrogens is 5. The van der Waals surface area contributed by atoms with Crippen molar-refractivity contribution in [3.8, 4) is 0 Å². The summed E-state index contributed by atoms with van der Waals surface area (Å²) in [6.07, 6.45) is 4.98. The van der Waals surface area contributed by atoms with E-state index in [1.807, 2.05) is 13.1 Å². The van der Waals surface area contributed by atoms with Gasteiger partial charge in [0, 0.05) is 36.8 Å². The molecule has 1 saturated carbocycles. The predicted molar refractivity (Wildman–Crippen MR) is 179 cm³/mol. The molecule has 2 fully saturated rings. The lowest BCUT2D eigenvalue weighted by molar-refractivity contribution is -0.0636. The van der Waals surface area contributed by atoms with E-state index in [2.05, 4.69) is 79.2 Å². The Morgan fingerprint density at radius 1 is 1.22 bits per heavy atom. The quantitative estimate of drug-likeness (QED) is 0.187. The van der Waals surface area contributed by atoms with Crippen LogP contribution in [0.15, 0.2) is 37.3 Å². The van der Waals surface area contributed by atoms with Crippen LogP contribution in [0.4, 0.5) is 5.82 Å². The van der Waals surface area contributed by atoms with Crippen molar-refractivity contribution in [2.24, 2.45) is 5.92 Å². The van der Waals surface area contributed by atoms with E-state index in [-0.39, 0.29) is 5.41 Å². The second-order valence-corrected chi connectivity index (χ2v) is 14.4. The molecule has 10 nitrogen and oxygen atoms in total. The Labute approximate surface area is 265 Å². The van der Waals surface area contributed by atoms with E-state index < -0.39 is 24.5 Å². The number of hydrogen-bond donors (Lipinski definition) is 4. The average molecular weight is 616 g/mol. The molecule has 5 atom stereocenters. The summed E-state index contributed by atoms with van der Waals surface area (Å²) in [6, 6.07) is 7.29. The van der Waals surface area contributed by atoms with Gasteiger partial charge in [-0.2, -0.15) is 0 Å². The van der Waals surface area contributed by atoms with Crippen LogP contribution in [0.25, 0.3) is 27.6 Å².